The minimum absolute atomic E-state index is 0.140. The highest BCUT2D eigenvalue weighted by Gasteiger charge is 2.81. The van der Waals surface area contributed by atoms with Gasteiger partial charge in [0.2, 0.25) is 0 Å². The molecule has 2 aliphatic carbocycles. The van der Waals surface area contributed by atoms with Crippen LogP contribution in [0.3, 0.4) is 0 Å². The molecule has 0 aromatic rings. The van der Waals surface area contributed by atoms with Crippen molar-refractivity contribution in [2.45, 2.75) is 108 Å². The number of rotatable bonds is 3. The number of carbonyl (C=O) groups excluding carboxylic acids is 2. The molecule has 0 bridgehead atoms. The predicted octanol–water partition coefficient (Wildman–Crippen LogP) is 1.25. The van der Waals surface area contributed by atoms with Gasteiger partial charge in [0, 0.05) is 17.8 Å². The highest BCUT2D eigenvalue weighted by atomic mass is 16.6. The van der Waals surface area contributed by atoms with Gasteiger partial charge in [0.15, 0.2) is 17.5 Å². The summed E-state index contributed by atoms with van der Waals surface area (Å²) in [6.07, 6.45) is 0.113. The number of nitrogens with one attached hydrogen (secondary N) is 1. The van der Waals surface area contributed by atoms with E-state index in [1.54, 1.807) is 13.8 Å². The van der Waals surface area contributed by atoms with E-state index in [9.17, 15) is 24.9 Å². The summed E-state index contributed by atoms with van der Waals surface area (Å²) >= 11 is 0. The molecule has 0 aromatic carbocycles. The zero-order chi connectivity index (χ0) is 24.6. The quantitative estimate of drug-likeness (QED) is 0.363. The van der Waals surface area contributed by atoms with Crippen molar-refractivity contribution in [3.05, 3.63) is 12.7 Å². The van der Waals surface area contributed by atoms with Crippen LogP contribution in [0.1, 0.15) is 66.7 Å². The van der Waals surface area contributed by atoms with Crippen molar-refractivity contribution in [3.8, 4) is 0 Å². The largest absolute Gasteiger partial charge is 0.455 e. The van der Waals surface area contributed by atoms with Crippen LogP contribution in [0.25, 0.3) is 0 Å². The van der Waals surface area contributed by atoms with Crippen molar-refractivity contribution in [2.75, 3.05) is 6.54 Å². The molecular weight excluding hydrogens is 426 g/mol. The van der Waals surface area contributed by atoms with E-state index >= 15 is 0 Å². The molecule has 2 aliphatic heterocycles. The van der Waals surface area contributed by atoms with E-state index in [1.807, 2.05) is 13.8 Å². The van der Waals surface area contributed by atoms with E-state index in [4.69, 9.17) is 9.47 Å². The van der Waals surface area contributed by atoms with Crippen LogP contribution >= 0.6 is 0 Å². The molecule has 8 nitrogen and oxygen atoms in total. The van der Waals surface area contributed by atoms with Gasteiger partial charge in [0.25, 0.3) is 0 Å². The maximum Gasteiger partial charge on any atom is 0.323 e. The van der Waals surface area contributed by atoms with Crippen LogP contribution in [-0.2, 0) is 19.1 Å². The lowest BCUT2D eigenvalue weighted by atomic mass is 9.40. The second-order valence-electron chi connectivity index (χ2n) is 11.8. The summed E-state index contributed by atoms with van der Waals surface area (Å²) in [5, 5.41) is 38.5. The van der Waals surface area contributed by atoms with Crippen molar-refractivity contribution in [3.63, 3.8) is 0 Å². The lowest BCUT2D eigenvalue weighted by molar-refractivity contribution is -0.370. The lowest BCUT2D eigenvalue weighted by Gasteiger charge is -2.71. The van der Waals surface area contributed by atoms with E-state index in [-0.39, 0.29) is 6.42 Å². The second kappa shape index (κ2) is 7.59. The number of Topliss-reactive ketones (excluding diaryl/α,β-unsaturated/α-hetero) is 1. The molecule has 186 valence electrons. The van der Waals surface area contributed by atoms with Gasteiger partial charge in [-0.05, 0) is 51.5 Å². The molecule has 4 N–H and O–H groups in total. The molecule has 4 fully saturated rings. The average Bonchev–Trinajstić information content (AvgIpc) is 3.26. The molecule has 9 atom stereocenters. The zero-order valence-electron chi connectivity index (χ0n) is 20.4. The second-order valence-corrected chi connectivity index (χ2v) is 11.8. The highest BCUT2D eigenvalue weighted by Crippen LogP contribution is 2.67. The molecular formula is C25H39NO7. The molecule has 2 heterocycles. The Balaban J connectivity index is 1.90. The van der Waals surface area contributed by atoms with E-state index in [0.717, 1.165) is 6.42 Å². The number of aliphatic hydroxyl groups is 3. The van der Waals surface area contributed by atoms with Crippen LogP contribution < -0.4 is 5.32 Å². The van der Waals surface area contributed by atoms with Gasteiger partial charge < -0.3 is 30.1 Å². The molecule has 0 amide bonds. The van der Waals surface area contributed by atoms with Crippen LogP contribution in [0.4, 0.5) is 0 Å². The molecule has 4 aliphatic rings. The SMILES string of the molecule is C=C[C@@]1(C)CC(=O)[C@]2(O)[C@@]3(C)[C@@H](O)CCC(C)(C)[C@@H]3[C@H](O)[C@H](OC(=O)[C@@H]3CCCN3)[C@@]2(C)O1. The summed E-state index contributed by atoms with van der Waals surface area (Å²) in [4.78, 5) is 26.9. The monoisotopic (exact) mass is 465 g/mol. The van der Waals surface area contributed by atoms with E-state index < -0.39 is 69.7 Å². The number of ketones is 1. The number of carbonyl (C=O) groups is 2. The Morgan fingerprint density at radius 2 is 1.88 bits per heavy atom. The molecule has 4 rings (SSSR count). The standard InChI is InChI=1S/C25H39NO7/c1-7-22(4)13-16(28)25(31)23(5)15(27)10-11-21(2,3)18(23)17(29)19(24(25,6)33-22)32-20(30)14-9-8-12-26-14/h7,14-15,17-19,26-27,29,31H,1,8-13H2,2-6H3/t14-,15-,17-,18-,19-,22-,23-,24+,25-/m0/s1. The smallest absolute Gasteiger partial charge is 0.323 e. The molecule has 0 spiro atoms. The van der Waals surface area contributed by atoms with Crippen LogP contribution in [0.15, 0.2) is 12.7 Å². The predicted molar refractivity (Wildman–Crippen MR) is 120 cm³/mol. The summed E-state index contributed by atoms with van der Waals surface area (Å²) in [7, 11) is 0. The topological polar surface area (TPSA) is 125 Å². The van der Waals surface area contributed by atoms with Gasteiger partial charge in [-0.2, -0.15) is 0 Å². The summed E-state index contributed by atoms with van der Waals surface area (Å²) in [6.45, 7) is 13.3. The third kappa shape index (κ3) is 3.14. The molecule has 2 saturated heterocycles. The molecule has 33 heavy (non-hydrogen) atoms. The fourth-order valence-electron chi connectivity index (χ4n) is 7.57. The molecule has 0 radical (unpaired) electrons. The van der Waals surface area contributed by atoms with Gasteiger partial charge in [-0.3, -0.25) is 9.59 Å². The van der Waals surface area contributed by atoms with Gasteiger partial charge in [0.05, 0.1) is 17.8 Å². The summed E-state index contributed by atoms with van der Waals surface area (Å²) in [5.41, 5.74) is -7.10. The Labute approximate surface area is 195 Å². The van der Waals surface area contributed by atoms with Gasteiger partial charge in [-0.25, -0.2) is 0 Å². The average molecular weight is 466 g/mol. The number of esters is 1. The van der Waals surface area contributed by atoms with Crippen LogP contribution in [0.2, 0.25) is 0 Å². The lowest BCUT2D eigenvalue weighted by Crippen LogP contribution is -2.86. The Kier molecular flexibility index (Phi) is 5.70. The highest BCUT2D eigenvalue weighted by molar-refractivity contribution is 5.92. The number of hydrogen-bond acceptors (Lipinski definition) is 8. The first-order valence-electron chi connectivity index (χ1n) is 12.1. The first kappa shape index (κ1) is 24.8. The van der Waals surface area contributed by atoms with Crippen molar-refractivity contribution >= 4 is 11.8 Å². The Hall–Kier alpha value is -1.32. The van der Waals surface area contributed by atoms with Crippen molar-refractivity contribution in [2.24, 2.45) is 16.7 Å². The molecule has 2 saturated carbocycles. The minimum Gasteiger partial charge on any atom is -0.455 e. The van der Waals surface area contributed by atoms with Crippen LogP contribution in [-0.4, -0.2) is 74.8 Å². The van der Waals surface area contributed by atoms with Crippen molar-refractivity contribution in [1.29, 1.82) is 0 Å². The third-order valence-electron chi connectivity index (χ3n) is 9.31. The van der Waals surface area contributed by atoms with Crippen molar-refractivity contribution < 1.29 is 34.4 Å². The van der Waals surface area contributed by atoms with E-state index in [2.05, 4.69) is 11.9 Å². The van der Waals surface area contributed by atoms with Gasteiger partial charge in [-0.15, -0.1) is 6.58 Å². The molecule has 0 aromatic heterocycles. The number of aliphatic hydroxyl groups excluding tert-OH is 2. The Morgan fingerprint density at radius 1 is 1.21 bits per heavy atom. The number of fused-ring (bicyclic) bond motifs is 3. The van der Waals surface area contributed by atoms with E-state index in [1.165, 1.54) is 13.0 Å². The number of hydrogen-bond donors (Lipinski definition) is 4. The first-order chi connectivity index (χ1) is 15.2. The fourth-order valence-corrected chi connectivity index (χ4v) is 7.57. The van der Waals surface area contributed by atoms with E-state index in [0.29, 0.717) is 25.8 Å². The van der Waals surface area contributed by atoms with Crippen molar-refractivity contribution in [1.82, 2.24) is 5.32 Å². The zero-order valence-corrected chi connectivity index (χ0v) is 20.4. The summed E-state index contributed by atoms with van der Waals surface area (Å²) in [6, 6.07) is -0.516. The summed E-state index contributed by atoms with van der Waals surface area (Å²) in [5.74, 6) is -1.77. The first-order valence-corrected chi connectivity index (χ1v) is 12.1. The number of ether oxygens (including phenoxy) is 2. The molecule has 0 unspecified atom stereocenters. The van der Waals surface area contributed by atoms with Gasteiger partial charge in [-0.1, -0.05) is 26.8 Å². The maximum absolute atomic E-state index is 13.8. The maximum atomic E-state index is 13.8. The van der Waals surface area contributed by atoms with Gasteiger partial charge >= 0.3 is 5.97 Å². The molecule has 8 heteroatoms. The minimum atomic E-state index is -2.20. The van der Waals surface area contributed by atoms with Gasteiger partial charge in [0.1, 0.15) is 11.6 Å². The normalized spacial score (nSPS) is 51.4. The van der Waals surface area contributed by atoms with Crippen LogP contribution in [0, 0.1) is 16.7 Å². The Bertz CT molecular complexity index is 854. The van der Waals surface area contributed by atoms with Crippen LogP contribution in [0.5, 0.6) is 0 Å². The summed E-state index contributed by atoms with van der Waals surface area (Å²) < 4.78 is 12.3. The Morgan fingerprint density at radius 3 is 2.45 bits per heavy atom. The fraction of sp³-hybridized carbons (Fsp3) is 0.840. The third-order valence-corrected chi connectivity index (χ3v) is 9.31.